The highest BCUT2D eigenvalue weighted by molar-refractivity contribution is 5.87. The fourth-order valence-corrected chi connectivity index (χ4v) is 5.43. The fourth-order valence-electron chi connectivity index (χ4n) is 5.43. The van der Waals surface area contributed by atoms with Gasteiger partial charge in [0.2, 0.25) is 11.8 Å². The molecule has 1 rings (SSSR count). The minimum Gasteiger partial charge on any atom is -0.494 e. The highest BCUT2D eigenvalue weighted by Gasteiger charge is 2.22. The van der Waals surface area contributed by atoms with E-state index in [0.29, 0.717) is 64.4 Å². The molecule has 0 heterocycles. The molecule has 2 amide bonds. The second-order valence-corrected chi connectivity index (χ2v) is 13.6. The van der Waals surface area contributed by atoms with E-state index in [1.807, 2.05) is 0 Å². The Labute approximate surface area is 331 Å². The van der Waals surface area contributed by atoms with Crippen molar-refractivity contribution < 1.29 is 62.7 Å². The van der Waals surface area contributed by atoms with E-state index in [2.05, 4.69) is 17.6 Å². The number of ether oxygens (including phenoxy) is 5. The fraction of sp³-hybridized carbons (Fsp3) is 0.707. The van der Waals surface area contributed by atoms with E-state index in [-0.39, 0.29) is 87.8 Å². The first-order chi connectivity index (χ1) is 27.1. The molecule has 0 saturated heterocycles. The number of carbonyl (C=O) groups is 6. The van der Waals surface area contributed by atoms with Gasteiger partial charge in [0.25, 0.3) is 0 Å². The minimum absolute atomic E-state index is 0.00565. The Kier molecular flexibility index (Phi) is 30.7. The molecule has 4 N–H and O–H groups in total. The Morgan fingerprint density at radius 2 is 1.18 bits per heavy atom. The second kappa shape index (κ2) is 34.3. The molecule has 0 aliphatic heterocycles. The first-order valence-corrected chi connectivity index (χ1v) is 20.2. The summed E-state index contributed by atoms with van der Waals surface area (Å²) < 4.78 is 27.1. The van der Waals surface area contributed by atoms with E-state index in [4.69, 9.17) is 28.8 Å². The molecular weight excluding hydrogens is 728 g/mol. The topological polar surface area (TPSA) is 213 Å². The third kappa shape index (κ3) is 29.4. The van der Waals surface area contributed by atoms with Gasteiger partial charge in [0, 0.05) is 45.4 Å². The van der Waals surface area contributed by atoms with Crippen molar-refractivity contribution in [3.05, 3.63) is 29.8 Å². The van der Waals surface area contributed by atoms with Gasteiger partial charge in [-0.25, -0.2) is 4.79 Å². The summed E-state index contributed by atoms with van der Waals surface area (Å²) in [6.45, 7) is 5.30. The summed E-state index contributed by atoms with van der Waals surface area (Å²) in [7, 11) is 0. The summed E-state index contributed by atoms with van der Waals surface area (Å²) >= 11 is 0. The summed E-state index contributed by atoms with van der Waals surface area (Å²) in [5.74, 6) is -2.91. The Hall–Kier alpha value is -3.92. The molecule has 0 fully saturated rings. The summed E-state index contributed by atoms with van der Waals surface area (Å²) in [6, 6.07) is 6.33. The number of carbonyl (C=O) groups excluding carboxylic acids is 4. The summed E-state index contributed by atoms with van der Waals surface area (Å²) in [4.78, 5) is 70.8. The van der Waals surface area contributed by atoms with Gasteiger partial charge in [0.05, 0.1) is 51.1 Å². The van der Waals surface area contributed by atoms with Gasteiger partial charge in [0.1, 0.15) is 24.7 Å². The number of benzene rings is 1. The maximum Gasteiger partial charge on any atom is 0.335 e. The predicted octanol–water partition coefficient (Wildman–Crippen LogP) is 5.16. The number of Topliss-reactive ketones (excluding diaryl/α,β-unsaturated/α-hetero) is 2. The molecule has 15 heteroatoms. The number of aromatic carboxylic acids is 1. The molecule has 0 saturated carbocycles. The predicted molar refractivity (Wildman–Crippen MR) is 209 cm³/mol. The van der Waals surface area contributed by atoms with Crippen molar-refractivity contribution in [2.24, 2.45) is 5.92 Å². The number of rotatable bonds is 39. The average molecular weight is 795 g/mol. The monoisotopic (exact) mass is 794 g/mol. The number of carboxylic acids is 2. The molecule has 1 atom stereocenters. The smallest absolute Gasteiger partial charge is 0.335 e. The Morgan fingerprint density at radius 1 is 0.571 bits per heavy atom. The number of aliphatic carboxylic acids is 1. The zero-order valence-electron chi connectivity index (χ0n) is 33.4. The molecular formula is C41H66N2O13. The van der Waals surface area contributed by atoms with Crippen LogP contribution in [0.1, 0.15) is 120 Å². The highest BCUT2D eigenvalue weighted by Crippen LogP contribution is 2.17. The number of nitrogens with one attached hydrogen (secondary N) is 2. The second-order valence-electron chi connectivity index (χ2n) is 13.6. The van der Waals surface area contributed by atoms with Crippen molar-refractivity contribution in [3.63, 3.8) is 0 Å². The van der Waals surface area contributed by atoms with E-state index in [1.165, 1.54) is 12.1 Å². The number of hydrogen-bond donors (Lipinski definition) is 4. The van der Waals surface area contributed by atoms with Gasteiger partial charge in [-0.05, 0) is 56.4 Å². The standard InChI is InChI=1S/C41H66N2O13/c1-2-3-10-21-42-39(47)32-55-29-26-52-23-12-14-36(45)31-54-28-27-53-25-22-43-38(46)20-17-34(41(50)51)30-35(44)13-9-7-5-4-6-8-11-24-56-37-18-15-33(16-19-37)40(48)49/h15-16,18-19,34H,2-14,17,20-32H2,1H3,(H,42,47)(H,43,46)(H,48,49)(H,50,51)/t34-/m1/s1. The number of carboxylic acid groups (broad SMARTS) is 2. The van der Waals surface area contributed by atoms with Crippen LogP contribution in [-0.2, 0) is 42.9 Å². The van der Waals surface area contributed by atoms with Crippen molar-refractivity contribution in [1.29, 1.82) is 0 Å². The molecule has 0 unspecified atom stereocenters. The van der Waals surface area contributed by atoms with E-state index >= 15 is 0 Å². The van der Waals surface area contributed by atoms with Gasteiger partial charge in [-0.15, -0.1) is 0 Å². The van der Waals surface area contributed by atoms with Crippen LogP contribution < -0.4 is 15.4 Å². The van der Waals surface area contributed by atoms with Gasteiger partial charge in [0.15, 0.2) is 5.78 Å². The number of unbranched alkanes of at least 4 members (excludes halogenated alkanes) is 8. The zero-order valence-corrected chi connectivity index (χ0v) is 33.4. The lowest BCUT2D eigenvalue weighted by atomic mass is 9.94. The maximum absolute atomic E-state index is 12.4. The normalized spacial score (nSPS) is 11.5. The van der Waals surface area contributed by atoms with Crippen LogP contribution in [0.4, 0.5) is 0 Å². The van der Waals surface area contributed by atoms with E-state index in [0.717, 1.165) is 57.8 Å². The van der Waals surface area contributed by atoms with Crippen molar-refractivity contribution in [2.75, 3.05) is 72.6 Å². The van der Waals surface area contributed by atoms with Crippen molar-refractivity contribution in [1.82, 2.24) is 10.6 Å². The van der Waals surface area contributed by atoms with Gasteiger partial charge >= 0.3 is 11.9 Å². The van der Waals surface area contributed by atoms with Gasteiger partial charge in [-0.3, -0.25) is 24.0 Å². The SMILES string of the molecule is CCCCCNC(=O)COCCOCCCC(=O)COCCOCCNC(=O)CC[C@H](CC(=O)CCCCCCCCCOc1ccc(C(=O)O)cc1)C(=O)O. The van der Waals surface area contributed by atoms with Crippen LogP contribution >= 0.6 is 0 Å². The van der Waals surface area contributed by atoms with Crippen LogP contribution in [0.15, 0.2) is 24.3 Å². The Morgan fingerprint density at radius 3 is 1.86 bits per heavy atom. The molecule has 1 aromatic rings. The zero-order chi connectivity index (χ0) is 41.1. The largest absolute Gasteiger partial charge is 0.494 e. The van der Waals surface area contributed by atoms with E-state index in [9.17, 15) is 33.9 Å². The van der Waals surface area contributed by atoms with Crippen molar-refractivity contribution in [3.8, 4) is 5.75 Å². The molecule has 15 nitrogen and oxygen atoms in total. The third-order valence-corrected chi connectivity index (χ3v) is 8.67. The molecule has 0 radical (unpaired) electrons. The van der Waals surface area contributed by atoms with Crippen LogP contribution in [0, 0.1) is 5.92 Å². The van der Waals surface area contributed by atoms with E-state index < -0.39 is 17.9 Å². The maximum atomic E-state index is 12.4. The van der Waals surface area contributed by atoms with Crippen LogP contribution in [0.25, 0.3) is 0 Å². The molecule has 0 aliphatic rings. The summed E-state index contributed by atoms with van der Waals surface area (Å²) in [5, 5.41) is 24.0. The minimum atomic E-state index is -1.08. The molecule has 56 heavy (non-hydrogen) atoms. The molecule has 1 aromatic carbocycles. The lowest BCUT2D eigenvalue weighted by Crippen LogP contribution is -2.29. The average Bonchev–Trinajstić information content (AvgIpc) is 3.17. The van der Waals surface area contributed by atoms with Crippen molar-refractivity contribution in [2.45, 2.75) is 110 Å². The van der Waals surface area contributed by atoms with Crippen LogP contribution in [0.5, 0.6) is 5.75 Å². The van der Waals surface area contributed by atoms with Crippen molar-refractivity contribution >= 4 is 35.3 Å². The Balaban J connectivity index is 1.94. The molecule has 318 valence electrons. The molecule has 0 spiro atoms. The lowest BCUT2D eigenvalue weighted by molar-refractivity contribution is -0.144. The Bertz CT molecular complexity index is 1240. The number of hydrogen-bond acceptors (Lipinski definition) is 11. The van der Waals surface area contributed by atoms with Gasteiger partial charge in [-0.2, -0.15) is 0 Å². The summed E-state index contributed by atoms with van der Waals surface area (Å²) in [6.07, 6.45) is 10.9. The number of ketones is 2. The van der Waals surface area contributed by atoms with Crippen LogP contribution in [0.2, 0.25) is 0 Å². The number of amides is 2. The van der Waals surface area contributed by atoms with E-state index in [1.54, 1.807) is 12.1 Å². The molecule has 0 aliphatic carbocycles. The first-order valence-electron chi connectivity index (χ1n) is 20.2. The third-order valence-electron chi connectivity index (χ3n) is 8.67. The summed E-state index contributed by atoms with van der Waals surface area (Å²) in [5.41, 5.74) is 0.222. The lowest BCUT2D eigenvalue weighted by Gasteiger charge is -2.12. The molecule has 0 aromatic heterocycles. The van der Waals surface area contributed by atoms with Gasteiger partial charge in [-0.1, -0.05) is 51.9 Å². The van der Waals surface area contributed by atoms with Crippen LogP contribution in [0.3, 0.4) is 0 Å². The first kappa shape index (κ1) is 50.1. The van der Waals surface area contributed by atoms with Gasteiger partial charge < -0.3 is 44.5 Å². The molecule has 0 bridgehead atoms. The van der Waals surface area contributed by atoms with Crippen LogP contribution in [-0.4, -0.2) is 118 Å². The quantitative estimate of drug-likeness (QED) is 0.0635. The highest BCUT2D eigenvalue weighted by atomic mass is 16.5.